The van der Waals surface area contributed by atoms with Crippen LogP contribution in [0, 0.1) is 11.8 Å². The van der Waals surface area contributed by atoms with Crippen molar-refractivity contribution in [3.05, 3.63) is 89.8 Å². The fourth-order valence-electron chi connectivity index (χ4n) is 6.04. The minimum absolute atomic E-state index is 0.0172. The number of carbonyl (C=O) groups is 2. The van der Waals surface area contributed by atoms with E-state index in [1.54, 1.807) is 22.8 Å². The van der Waals surface area contributed by atoms with Gasteiger partial charge >= 0.3 is 0 Å². The predicted octanol–water partition coefficient (Wildman–Crippen LogP) is 4.36. The molecule has 0 radical (unpaired) electrons. The summed E-state index contributed by atoms with van der Waals surface area (Å²) in [5.74, 6) is -0.321. The zero-order chi connectivity index (χ0) is 30.4. The van der Waals surface area contributed by atoms with Gasteiger partial charge in [-0.1, -0.05) is 0 Å². The van der Waals surface area contributed by atoms with Gasteiger partial charge in [-0.2, -0.15) is 9.49 Å². The number of hydrogen-bond acceptors (Lipinski definition) is 7. The summed E-state index contributed by atoms with van der Waals surface area (Å²) in [6.07, 6.45) is 6.68. The van der Waals surface area contributed by atoms with Crippen molar-refractivity contribution in [2.75, 3.05) is 19.6 Å². The van der Waals surface area contributed by atoms with E-state index in [2.05, 4.69) is 19.4 Å². The molecule has 1 amide bonds. The molecule has 1 aliphatic carbocycles. The number of piperidine rings is 1. The highest BCUT2D eigenvalue weighted by atomic mass is 19.1. The van der Waals surface area contributed by atoms with E-state index in [0.29, 0.717) is 23.0 Å². The highest BCUT2D eigenvalue weighted by Gasteiger charge is 2.36. The molecule has 5 heterocycles. The number of nitrogens with zero attached hydrogens (tertiary/aromatic N) is 7. The number of imidazole rings is 2. The van der Waals surface area contributed by atoms with E-state index in [9.17, 15) is 18.4 Å². The van der Waals surface area contributed by atoms with E-state index in [1.807, 2.05) is 12.1 Å². The number of amides is 1. The Kier molecular flexibility index (Phi) is 7.21. The topological polar surface area (TPSA) is 124 Å². The zero-order valence-electron chi connectivity index (χ0n) is 23.9. The number of carbonyl (C=O) groups excluding carboxylic acids is 2. The van der Waals surface area contributed by atoms with Gasteiger partial charge in [0.25, 0.3) is 0 Å². The number of halogens is 2. The van der Waals surface area contributed by atoms with Crippen LogP contribution in [0.5, 0.6) is 0 Å². The van der Waals surface area contributed by atoms with Crippen molar-refractivity contribution in [3.63, 3.8) is 0 Å². The second kappa shape index (κ2) is 11.3. The number of primary amides is 1. The van der Waals surface area contributed by atoms with Crippen LogP contribution < -0.4 is 5.73 Å². The Morgan fingerprint density at radius 3 is 2.43 bits per heavy atom. The molecule has 4 aromatic heterocycles. The van der Waals surface area contributed by atoms with E-state index in [-0.39, 0.29) is 42.1 Å². The highest BCUT2D eigenvalue weighted by Crippen LogP contribution is 2.46. The summed E-state index contributed by atoms with van der Waals surface area (Å²) in [6.45, 7) is 1.70. The Morgan fingerprint density at radius 1 is 0.955 bits per heavy atom. The molecule has 0 unspecified atom stereocenters. The van der Waals surface area contributed by atoms with E-state index < -0.39 is 5.95 Å². The monoisotopic (exact) mass is 596 g/mol. The molecule has 10 nitrogen and oxygen atoms in total. The maximum Gasteiger partial charge on any atom is 0.231 e. The lowest BCUT2D eigenvalue weighted by Crippen LogP contribution is -2.40. The molecular formula is C32H30F2N8O2. The summed E-state index contributed by atoms with van der Waals surface area (Å²) < 4.78 is 31.4. The van der Waals surface area contributed by atoms with Crippen LogP contribution in [0.25, 0.3) is 28.3 Å². The van der Waals surface area contributed by atoms with Crippen molar-refractivity contribution >= 4 is 17.3 Å². The smallest absolute Gasteiger partial charge is 0.231 e. The Hall–Kier alpha value is -4.84. The Morgan fingerprint density at radius 2 is 1.73 bits per heavy atom. The van der Waals surface area contributed by atoms with E-state index in [1.165, 1.54) is 24.4 Å². The number of nitrogens with two attached hydrogens (primary N) is 1. The van der Waals surface area contributed by atoms with Gasteiger partial charge in [0.2, 0.25) is 11.9 Å². The first-order chi connectivity index (χ1) is 21.3. The van der Waals surface area contributed by atoms with Crippen molar-refractivity contribution < 1.29 is 18.4 Å². The minimum atomic E-state index is -0.713. The van der Waals surface area contributed by atoms with Crippen molar-refractivity contribution in [1.82, 2.24) is 34.0 Å². The van der Waals surface area contributed by atoms with Gasteiger partial charge in [-0.15, -0.1) is 0 Å². The van der Waals surface area contributed by atoms with Crippen LogP contribution in [0.1, 0.15) is 59.5 Å². The van der Waals surface area contributed by atoms with E-state index in [4.69, 9.17) is 15.8 Å². The van der Waals surface area contributed by atoms with E-state index >= 15 is 0 Å². The highest BCUT2D eigenvalue weighted by molar-refractivity contribution is 5.97. The van der Waals surface area contributed by atoms with E-state index in [0.717, 1.165) is 67.6 Å². The molecule has 1 saturated heterocycles. The number of fused-ring (bicyclic) bond motifs is 1. The normalized spacial score (nSPS) is 16.0. The number of Topliss-reactive ketones (excluding diaryl/α,β-unsaturated/α-hetero) is 1. The van der Waals surface area contributed by atoms with Gasteiger partial charge < -0.3 is 10.3 Å². The lowest BCUT2D eigenvalue weighted by molar-refractivity contribution is -0.119. The third-order valence-electron chi connectivity index (χ3n) is 8.30. The molecule has 2 fully saturated rings. The molecule has 2 N–H and O–H groups in total. The SMILES string of the molecule is NC(=O)CN1CCC(n2c(C3CC3)nc(-c3ccc(F)cc3)c2-c2ccc3nc(CC(=O)c4ccnc(F)c4)cn3n2)CC1. The molecule has 12 heteroatoms. The van der Waals surface area contributed by atoms with Crippen LogP contribution in [0.2, 0.25) is 0 Å². The molecule has 7 rings (SSSR count). The first kappa shape index (κ1) is 28.0. The summed E-state index contributed by atoms with van der Waals surface area (Å²) >= 11 is 0. The first-order valence-corrected chi connectivity index (χ1v) is 14.7. The number of pyridine rings is 1. The molecule has 1 aromatic carbocycles. The molecule has 0 bridgehead atoms. The van der Waals surface area contributed by atoms with Crippen LogP contribution in [-0.2, 0) is 11.2 Å². The molecule has 1 saturated carbocycles. The Balaban J connectivity index is 1.29. The zero-order valence-corrected chi connectivity index (χ0v) is 23.9. The molecule has 44 heavy (non-hydrogen) atoms. The molecule has 2 aliphatic rings. The molecule has 0 spiro atoms. The van der Waals surface area contributed by atoms with Crippen LogP contribution >= 0.6 is 0 Å². The van der Waals surface area contributed by atoms with Crippen LogP contribution in [0.15, 0.2) is 60.9 Å². The van der Waals surface area contributed by atoms with Crippen LogP contribution in [-0.4, -0.2) is 65.4 Å². The number of aromatic nitrogens is 6. The minimum Gasteiger partial charge on any atom is -0.369 e. The number of benzene rings is 1. The van der Waals surface area contributed by atoms with Gasteiger partial charge in [0, 0.05) is 48.4 Å². The fraction of sp³-hybridized carbons (Fsp3) is 0.312. The predicted molar refractivity (Wildman–Crippen MR) is 158 cm³/mol. The molecule has 224 valence electrons. The Bertz CT molecular complexity index is 1870. The largest absolute Gasteiger partial charge is 0.369 e. The lowest BCUT2D eigenvalue weighted by atomic mass is 10.0. The molecule has 0 atom stereocenters. The summed E-state index contributed by atoms with van der Waals surface area (Å²) in [5, 5.41) is 4.93. The first-order valence-electron chi connectivity index (χ1n) is 14.7. The standard InChI is InChI=1S/C32H30F2N8O2/c33-22-5-3-19(4-6-22)30-31(42(32(38-30)20-1-2-20)24-10-13-40(14-11-24)18-28(35)44)25-7-8-29-37-23(17-41(29)39-25)16-26(43)21-9-12-36-27(34)15-21/h3-9,12,15,17,20,24H,1-2,10-11,13-14,16,18H2,(H2,35,44). The van der Waals surface area contributed by atoms with Crippen molar-refractivity contribution in [1.29, 1.82) is 0 Å². The molecular weight excluding hydrogens is 566 g/mol. The number of hydrogen-bond donors (Lipinski definition) is 1. The number of rotatable bonds is 9. The van der Waals surface area contributed by atoms with Crippen molar-refractivity contribution in [2.24, 2.45) is 5.73 Å². The second-order valence-electron chi connectivity index (χ2n) is 11.5. The van der Waals surface area contributed by atoms with Crippen LogP contribution in [0.3, 0.4) is 0 Å². The molecule has 1 aliphatic heterocycles. The fourth-order valence-corrected chi connectivity index (χ4v) is 6.04. The third kappa shape index (κ3) is 5.60. The Labute approximate surface area is 251 Å². The van der Waals surface area contributed by atoms with Gasteiger partial charge in [-0.05, 0) is 68.1 Å². The second-order valence-corrected chi connectivity index (χ2v) is 11.5. The quantitative estimate of drug-likeness (QED) is 0.198. The van der Waals surface area contributed by atoms with Gasteiger partial charge in [-0.3, -0.25) is 14.5 Å². The average Bonchev–Trinajstić information content (AvgIpc) is 3.66. The summed E-state index contributed by atoms with van der Waals surface area (Å²) in [7, 11) is 0. The van der Waals surface area contributed by atoms with Crippen molar-refractivity contribution in [2.45, 2.75) is 44.1 Å². The summed E-state index contributed by atoms with van der Waals surface area (Å²) in [4.78, 5) is 39.7. The summed E-state index contributed by atoms with van der Waals surface area (Å²) in [6, 6.07) is 12.8. The maximum atomic E-state index is 13.9. The van der Waals surface area contributed by atoms with Crippen LogP contribution in [0.4, 0.5) is 8.78 Å². The van der Waals surface area contributed by atoms with Gasteiger partial charge in [-0.25, -0.2) is 23.9 Å². The molecule has 5 aromatic rings. The van der Waals surface area contributed by atoms with Gasteiger partial charge in [0.1, 0.15) is 17.3 Å². The number of ketones is 1. The van der Waals surface area contributed by atoms with Crippen molar-refractivity contribution in [3.8, 4) is 22.6 Å². The van der Waals surface area contributed by atoms with Gasteiger partial charge in [0.15, 0.2) is 11.4 Å². The third-order valence-corrected chi connectivity index (χ3v) is 8.30. The lowest BCUT2D eigenvalue weighted by Gasteiger charge is -2.33. The maximum absolute atomic E-state index is 13.9. The number of likely N-dealkylation sites (tertiary alicyclic amines) is 1. The summed E-state index contributed by atoms with van der Waals surface area (Å²) in [5.41, 5.74) is 9.78. The average molecular weight is 597 g/mol. The van der Waals surface area contributed by atoms with Gasteiger partial charge in [0.05, 0.1) is 36.2 Å².